The molecule has 3 heteroatoms. The average Bonchev–Trinajstić information content (AvgIpc) is 2.63. The molecule has 1 unspecified atom stereocenters. The summed E-state index contributed by atoms with van der Waals surface area (Å²) in [7, 11) is 0. The van der Waals surface area contributed by atoms with Crippen molar-refractivity contribution in [3.05, 3.63) is 35.9 Å². The van der Waals surface area contributed by atoms with E-state index in [1.54, 1.807) is 0 Å². The van der Waals surface area contributed by atoms with E-state index in [2.05, 4.69) is 47.5 Å². The van der Waals surface area contributed by atoms with Crippen molar-refractivity contribution in [2.24, 2.45) is 0 Å². The minimum Gasteiger partial charge on any atom is -0.375 e. The molecule has 1 spiro atoms. The molecule has 1 aliphatic carbocycles. The minimum atomic E-state index is 0.401. The average molecular weight is 331 g/mol. The van der Waals surface area contributed by atoms with E-state index in [1.807, 2.05) is 0 Å². The lowest BCUT2D eigenvalue weighted by Gasteiger charge is -2.52. The summed E-state index contributed by atoms with van der Waals surface area (Å²) in [4.78, 5) is 2.77. The first kappa shape index (κ1) is 17.9. The largest absolute Gasteiger partial charge is 0.375 e. The maximum absolute atomic E-state index is 5.99. The number of nitrogens with one attached hydrogen (secondary N) is 1. The highest BCUT2D eigenvalue weighted by Gasteiger charge is 2.41. The Labute approximate surface area is 147 Å². The Kier molecular flexibility index (Phi) is 6.70. The summed E-state index contributed by atoms with van der Waals surface area (Å²) in [6.45, 7) is 7.32. The van der Waals surface area contributed by atoms with Gasteiger partial charge in [-0.25, -0.2) is 0 Å². The fraction of sp³-hybridized carbons (Fsp3) is 0.714. The Morgan fingerprint density at radius 1 is 1.17 bits per heavy atom. The molecule has 1 aromatic rings. The van der Waals surface area contributed by atoms with Crippen molar-refractivity contribution in [1.82, 2.24) is 10.2 Å². The second-order valence-corrected chi connectivity index (χ2v) is 7.64. The third-order valence-corrected chi connectivity index (χ3v) is 5.87. The van der Waals surface area contributed by atoms with Gasteiger partial charge in [-0.15, -0.1) is 0 Å². The Hall–Kier alpha value is -0.900. The summed E-state index contributed by atoms with van der Waals surface area (Å²) >= 11 is 0. The van der Waals surface area contributed by atoms with Crippen LogP contribution in [0, 0.1) is 0 Å². The van der Waals surface area contributed by atoms with Crippen LogP contribution in [0.4, 0.5) is 0 Å². The summed E-state index contributed by atoms with van der Waals surface area (Å²) in [6.07, 6.45) is 9.47. The van der Waals surface area contributed by atoms with E-state index in [-0.39, 0.29) is 0 Å². The lowest BCUT2D eigenvalue weighted by atomic mass is 9.78. The smallest absolute Gasteiger partial charge is 0.0717 e. The molecule has 134 valence electrons. The predicted octanol–water partition coefficient (Wildman–Crippen LogP) is 3.98. The van der Waals surface area contributed by atoms with Crippen molar-refractivity contribution in [2.45, 2.75) is 70.1 Å². The van der Waals surface area contributed by atoms with Gasteiger partial charge in [0.2, 0.25) is 0 Å². The van der Waals surface area contributed by atoms with Crippen LogP contribution in [0.25, 0.3) is 0 Å². The number of nitrogens with zero attached hydrogens (tertiary/aromatic N) is 1. The Morgan fingerprint density at radius 2 is 1.96 bits per heavy atom. The normalized spacial score (nSPS) is 24.3. The molecule has 24 heavy (non-hydrogen) atoms. The van der Waals surface area contributed by atoms with Crippen LogP contribution >= 0.6 is 0 Å². The van der Waals surface area contributed by atoms with Gasteiger partial charge in [0.1, 0.15) is 0 Å². The van der Waals surface area contributed by atoms with E-state index in [4.69, 9.17) is 4.74 Å². The summed E-state index contributed by atoms with van der Waals surface area (Å²) in [5, 5.41) is 3.84. The van der Waals surface area contributed by atoms with Crippen molar-refractivity contribution in [2.75, 3.05) is 26.2 Å². The molecule has 3 nitrogen and oxygen atoms in total. The van der Waals surface area contributed by atoms with Gasteiger partial charge in [-0.1, -0.05) is 62.9 Å². The van der Waals surface area contributed by atoms with Gasteiger partial charge in [-0.2, -0.15) is 0 Å². The van der Waals surface area contributed by atoms with Crippen LogP contribution in [0.3, 0.4) is 0 Å². The third-order valence-electron chi connectivity index (χ3n) is 5.87. The SMILES string of the molecule is CCCC1CN(CCOCc2ccccc2)C2(CCCCC2)CN1. The molecule has 1 N–H and O–H groups in total. The van der Waals surface area contributed by atoms with Crippen LogP contribution < -0.4 is 5.32 Å². The Morgan fingerprint density at radius 3 is 2.71 bits per heavy atom. The first-order valence-corrected chi connectivity index (χ1v) is 9.92. The van der Waals surface area contributed by atoms with E-state index in [0.29, 0.717) is 11.6 Å². The van der Waals surface area contributed by atoms with Gasteiger partial charge in [0.15, 0.2) is 0 Å². The van der Waals surface area contributed by atoms with Gasteiger partial charge in [0, 0.05) is 31.2 Å². The summed E-state index contributed by atoms with van der Waals surface area (Å²) < 4.78 is 5.99. The molecular formula is C21H34N2O. The van der Waals surface area contributed by atoms with Gasteiger partial charge < -0.3 is 10.1 Å². The summed E-state index contributed by atoms with van der Waals surface area (Å²) in [5.41, 5.74) is 1.67. The molecule has 1 aliphatic heterocycles. The monoisotopic (exact) mass is 330 g/mol. The van der Waals surface area contributed by atoms with Crippen LogP contribution in [0.15, 0.2) is 30.3 Å². The fourth-order valence-electron chi connectivity index (χ4n) is 4.48. The second kappa shape index (κ2) is 8.98. The van der Waals surface area contributed by atoms with Gasteiger partial charge in [0.25, 0.3) is 0 Å². The molecular weight excluding hydrogens is 296 g/mol. The zero-order valence-corrected chi connectivity index (χ0v) is 15.3. The number of hydrogen-bond acceptors (Lipinski definition) is 3. The quantitative estimate of drug-likeness (QED) is 0.765. The van der Waals surface area contributed by atoms with E-state index in [0.717, 1.165) is 19.8 Å². The zero-order valence-electron chi connectivity index (χ0n) is 15.3. The molecule has 1 heterocycles. The molecule has 1 atom stereocenters. The van der Waals surface area contributed by atoms with Crippen molar-refractivity contribution >= 4 is 0 Å². The Bertz CT molecular complexity index is 470. The van der Waals surface area contributed by atoms with Gasteiger partial charge in [-0.05, 0) is 24.8 Å². The molecule has 1 saturated heterocycles. The van der Waals surface area contributed by atoms with E-state index in [1.165, 1.54) is 63.6 Å². The number of benzene rings is 1. The molecule has 1 aromatic carbocycles. The van der Waals surface area contributed by atoms with Crippen LogP contribution in [0.2, 0.25) is 0 Å². The van der Waals surface area contributed by atoms with Crippen LogP contribution in [-0.2, 0) is 11.3 Å². The van der Waals surface area contributed by atoms with Crippen molar-refractivity contribution in [3.8, 4) is 0 Å². The van der Waals surface area contributed by atoms with Crippen molar-refractivity contribution in [1.29, 1.82) is 0 Å². The van der Waals surface area contributed by atoms with E-state index in [9.17, 15) is 0 Å². The topological polar surface area (TPSA) is 24.5 Å². The molecule has 0 aromatic heterocycles. The van der Waals surface area contributed by atoms with E-state index < -0.39 is 0 Å². The highest BCUT2D eigenvalue weighted by atomic mass is 16.5. The maximum Gasteiger partial charge on any atom is 0.0717 e. The lowest BCUT2D eigenvalue weighted by Crippen LogP contribution is -2.65. The second-order valence-electron chi connectivity index (χ2n) is 7.64. The molecule has 2 aliphatic rings. The molecule has 0 bridgehead atoms. The van der Waals surface area contributed by atoms with Gasteiger partial charge in [-0.3, -0.25) is 4.90 Å². The third kappa shape index (κ3) is 4.59. The number of rotatable bonds is 7. The zero-order chi connectivity index (χ0) is 16.7. The van der Waals surface area contributed by atoms with Crippen molar-refractivity contribution < 1.29 is 4.74 Å². The molecule has 3 rings (SSSR count). The van der Waals surface area contributed by atoms with Crippen LogP contribution in [0.5, 0.6) is 0 Å². The highest BCUT2D eigenvalue weighted by molar-refractivity contribution is 5.13. The van der Waals surface area contributed by atoms with Gasteiger partial charge in [0.05, 0.1) is 13.2 Å². The summed E-state index contributed by atoms with van der Waals surface area (Å²) in [6, 6.07) is 11.2. The highest BCUT2D eigenvalue weighted by Crippen LogP contribution is 2.35. The Balaban J connectivity index is 1.52. The van der Waals surface area contributed by atoms with Crippen LogP contribution in [-0.4, -0.2) is 42.7 Å². The molecule has 1 saturated carbocycles. The molecule has 2 fully saturated rings. The maximum atomic E-state index is 5.99. The molecule has 0 amide bonds. The predicted molar refractivity (Wildman–Crippen MR) is 100 cm³/mol. The first-order valence-electron chi connectivity index (χ1n) is 9.92. The number of hydrogen-bond donors (Lipinski definition) is 1. The van der Waals surface area contributed by atoms with Gasteiger partial charge >= 0.3 is 0 Å². The summed E-state index contributed by atoms with van der Waals surface area (Å²) in [5.74, 6) is 0. The van der Waals surface area contributed by atoms with Crippen molar-refractivity contribution in [3.63, 3.8) is 0 Å². The number of ether oxygens (including phenoxy) is 1. The first-order chi connectivity index (χ1) is 11.8. The van der Waals surface area contributed by atoms with Crippen LogP contribution in [0.1, 0.15) is 57.4 Å². The fourth-order valence-corrected chi connectivity index (χ4v) is 4.48. The molecule has 0 radical (unpaired) electrons. The van der Waals surface area contributed by atoms with E-state index >= 15 is 0 Å². The lowest BCUT2D eigenvalue weighted by molar-refractivity contribution is -0.0149. The number of piperazine rings is 1. The standard InChI is InChI=1S/C21H34N2O/c1-2-9-20-16-23(21(18-22-20)12-7-4-8-13-21)14-15-24-17-19-10-5-3-6-11-19/h3,5-6,10-11,20,22H,2,4,7-9,12-18H2,1H3. The minimum absolute atomic E-state index is 0.401.